The minimum absolute atomic E-state index is 0.214. The van der Waals surface area contributed by atoms with Gasteiger partial charge in [0.05, 0.1) is 7.11 Å². The van der Waals surface area contributed by atoms with Crippen molar-refractivity contribution in [1.82, 2.24) is 5.32 Å². The van der Waals surface area contributed by atoms with Crippen molar-refractivity contribution in [3.05, 3.63) is 29.6 Å². The molecule has 2 unspecified atom stereocenters. The highest BCUT2D eigenvalue weighted by molar-refractivity contribution is 5.32. The number of nitrogens with one attached hydrogen (secondary N) is 1. The summed E-state index contributed by atoms with van der Waals surface area (Å²) in [5.74, 6) is 0.813. The molecule has 0 amide bonds. The number of hydrogen-bond donors (Lipinski definition) is 1. The summed E-state index contributed by atoms with van der Waals surface area (Å²) < 4.78 is 18.6. The second-order valence-corrected chi connectivity index (χ2v) is 6.20. The number of ether oxygens (including phenoxy) is 1. The number of rotatable bonds is 6. The summed E-state index contributed by atoms with van der Waals surface area (Å²) in [4.78, 5) is 0. The van der Waals surface area contributed by atoms with Crippen molar-refractivity contribution in [3.8, 4) is 5.75 Å². The Kier molecular flexibility index (Phi) is 6.04. The van der Waals surface area contributed by atoms with Crippen molar-refractivity contribution in [2.24, 2.45) is 5.92 Å². The van der Waals surface area contributed by atoms with Gasteiger partial charge in [0.2, 0.25) is 0 Å². The molecule has 0 aromatic heterocycles. The maximum atomic E-state index is 13.5. The second kappa shape index (κ2) is 7.79. The molecule has 2 nitrogen and oxygen atoms in total. The van der Waals surface area contributed by atoms with E-state index >= 15 is 0 Å². The number of halogens is 1. The van der Waals surface area contributed by atoms with E-state index in [9.17, 15) is 4.39 Å². The quantitative estimate of drug-likeness (QED) is 0.810. The molecule has 21 heavy (non-hydrogen) atoms. The largest absolute Gasteiger partial charge is 0.494 e. The average molecular weight is 293 g/mol. The van der Waals surface area contributed by atoms with Gasteiger partial charge >= 0.3 is 0 Å². The van der Waals surface area contributed by atoms with Crippen LogP contribution in [0.25, 0.3) is 0 Å². The zero-order valence-corrected chi connectivity index (χ0v) is 13.5. The van der Waals surface area contributed by atoms with Gasteiger partial charge in [-0.25, -0.2) is 4.39 Å². The van der Waals surface area contributed by atoms with Gasteiger partial charge in [0.1, 0.15) is 0 Å². The van der Waals surface area contributed by atoms with Crippen molar-refractivity contribution in [1.29, 1.82) is 0 Å². The summed E-state index contributed by atoms with van der Waals surface area (Å²) in [5, 5.41) is 3.75. The summed E-state index contributed by atoms with van der Waals surface area (Å²) in [5.41, 5.74) is 1.09. The van der Waals surface area contributed by atoms with E-state index < -0.39 is 0 Å². The molecular weight excluding hydrogens is 265 g/mol. The standard InChI is InChI=1S/C18H28FNO/c1-4-17(14-8-6-5-7-9-14)20-13(2)15-10-11-16(19)18(12-15)21-3/h10-14,17,20H,4-9H2,1-3H3. The fraction of sp³-hybridized carbons (Fsp3) is 0.667. The highest BCUT2D eigenvalue weighted by atomic mass is 19.1. The Bertz CT molecular complexity index is 443. The van der Waals surface area contributed by atoms with Gasteiger partial charge in [-0.1, -0.05) is 32.3 Å². The molecule has 2 rings (SSSR count). The Hall–Kier alpha value is -1.09. The third kappa shape index (κ3) is 4.19. The third-order valence-electron chi connectivity index (χ3n) is 4.80. The molecule has 118 valence electrons. The van der Waals surface area contributed by atoms with Gasteiger partial charge in [-0.2, -0.15) is 0 Å². The first-order valence-corrected chi connectivity index (χ1v) is 8.25. The van der Waals surface area contributed by atoms with E-state index in [4.69, 9.17) is 4.74 Å². The normalized spacial score (nSPS) is 19.2. The molecule has 3 heteroatoms. The van der Waals surface area contributed by atoms with E-state index in [1.807, 2.05) is 6.07 Å². The molecule has 1 aromatic carbocycles. The molecule has 0 bridgehead atoms. The van der Waals surface area contributed by atoms with E-state index in [2.05, 4.69) is 19.2 Å². The van der Waals surface area contributed by atoms with Crippen molar-refractivity contribution in [3.63, 3.8) is 0 Å². The SMILES string of the molecule is CCC(NC(C)c1ccc(F)c(OC)c1)C1CCCCC1. The highest BCUT2D eigenvalue weighted by Gasteiger charge is 2.23. The summed E-state index contributed by atoms with van der Waals surface area (Å²) >= 11 is 0. The Balaban J connectivity index is 2.02. The van der Waals surface area contributed by atoms with Crippen LogP contribution in [0.3, 0.4) is 0 Å². The molecule has 1 fully saturated rings. The van der Waals surface area contributed by atoms with E-state index in [0.717, 1.165) is 17.9 Å². The van der Waals surface area contributed by atoms with Crippen LogP contribution in [0.2, 0.25) is 0 Å². The molecule has 1 saturated carbocycles. The van der Waals surface area contributed by atoms with Gasteiger partial charge in [-0.3, -0.25) is 0 Å². The third-order valence-corrected chi connectivity index (χ3v) is 4.80. The number of benzene rings is 1. The van der Waals surface area contributed by atoms with Crippen molar-refractivity contribution in [2.75, 3.05) is 7.11 Å². The first kappa shape index (κ1) is 16.3. The molecule has 1 aliphatic rings. The van der Waals surface area contributed by atoms with E-state index in [1.165, 1.54) is 45.3 Å². The predicted octanol–water partition coefficient (Wildman–Crippen LogP) is 4.84. The number of methoxy groups -OCH3 is 1. The molecule has 0 radical (unpaired) electrons. The molecule has 0 spiro atoms. The highest BCUT2D eigenvalue weighted by Crippen LogP contribution is 2.30. The van der Waals surface area contributed by atoms with Crippen LogP contribution >= 0.6 is 0 Å². The summed E-state index contributed by atoms with van der Waals surface area (Å²) in [6, 6.07) is 5.92. The topological polar surface area (TPSA) is 21.3 Å². The van der Waals surface area contributed by atoms with Crippen molar-refractivity contribution in [2.45, 2.75) is 64.5 Å². The van der Waals surface area contributed by atoms with Gasteiger partial charge in [0.15, 0.2) is 11.6 Å². The zero-order valence-electron chi connectivity index (χ0n) is 13.5. The van der Waals surface area contributed by atoms with E-state index in [-0.39, 0.29) is 11.9 Å². The van der Waals surface area contributed by atoms with Gasteiger partial charge in [-0.15, -0.1) is 0 Å². The van der Waals surface area contributed by atoms with Gasteiger partial charge in [0, 0.05) is 12.1 Å². The smallest absolute Gasteiger partial charge is 0.165 e. The van der Waals surface area contributed by atoms with Gasteiger partial charge < -0.3 is 10.1 Å². The fourth-order valence-electron chi connectivity index (χ4n) is 3.49. The van der Waals surface area contributed by atoms with Crippen LogP contribution in [0.15, 0.2) is 18.2 Å². The summed E-state index contributed by atoms with van der Waals surface area (Å²) in [6.45, 7) is 4.41. The molecule has 2 atom stereocenters. The van der Waals surface area contributed by atoms with E-state index in [0.29, 0.717) is 11.8 Å². The zero-order chi connectivity index (χ0) is 15.2. The molecule has 1 N–H and O–H groups in total. The van der Waals surface area contributed by atoms with Crippen molar-refractivity contribution >= 4 is 0 Å². The van der Waals surface area contributed by atoms with Crippen LogP contribution in [0.4, 0.5) is 4.39 Å². The lowest BCUT2D eigenvalue weighted by molar-refractivity contribution is 0.249. The van der Waals surface area contributed by atoms with Gasteiger partial charge in [-0.05, 0) is 49.8 Å². The lowest BCUT2D eigenvalue weighted by atomic mass is 9.82. The Morgan fingerprint density at radius 2 is 2.00 bits per heavy atom. The first-order chi connectivity index (χ1) is 10.2. The number of hydrogen-bond acceptors (Lipinski definition) is 2. The van der Waals surface area contributed by atoms with Crippen molar-refractivity contribution < 1.29 is 9.13 Å². The van der Waals surface area contributed by atoms with Crippen LogP contribution in [0.1, 0.15) is 64.0 Å². The summed E-state index contributed by atoms with van der Waals surface area (Å²) in [7, 11) is 1.51. The monoisotopic (exact) mass is 293 g/mol. The van der Waals surface area contributed by atoms with Crippen LogP contribution < -0.4 is 10.1 Å². The Morgan fingerprint density at radius 3 is 2.62 bits per heavy atom. The molecule has 1 aromatic rings. The van der Waals surface area contributed by atoms with Crippen LogP contribution in [0.5, 0.6) is 5.75 Å². The first-order valence-electron chi connectivity index (χ1n) is 8.25. The minimum atomic E-state index is -0.298. The lowest BCUT2D eigenvalue weighted by Crippen LogP contribution is -2.38. The minimum Gasteiger partial charge on any atom is -0.494 e. The maximum absolute atomic E-state index is 13.5. The second-order valence-electron chi connectivity index (χ2n) is 6.20. The fourth-order valence-corrected chi connectivity index (χ4v) is 3.49. The predicted molar refractivity (Wildman–Crippen MR) is 85.2 cm³/mol. The molecular formula is C18H28FNO. The van der Waals surface area contributed by atoms with E-state index in [1.54, 1.807) is 6.07 Å². The van der Waals surface area contributed by atoms with Crippen LogP contribution in [0, 0.1) is 11.7 Å². The maximum Gasteiger partial charge on any atom is 0.165 e. The molecule has 0 heterocycles. The average Bonchev–Trinajstić information content (AvgIpc) is 2.53. The molecule has 0 aliphatic heterocycles. The Morgan fingerprint density at radius 1 is 1.29 bits per heavy atom. The Labute approximate surface area is 128 Å². The molecule has 1 aliphatic carbocycles. The van der Waals surface area contributed by atoms with Crippen LogP contribution in [-0.2, 0) is 0 Å². The lowest BCUT2D eigenvalue weighted by Gasteiger charge is -2.32. The summed E-state index contributed by atoms with van der Waals surface area (Å²) in [6.07, 6.45) is 7.93. The molecule has 0 saturated heterocycles. The van der Waals surface area contributed by atoms with Gasteiger partial charge in [0.25, 0.3) is 0 Å². The van der Waals surface area contributed by atoms with Crippen LogP contribution in [-0.4, -0.2) is 13.2 Å².